The van der Waals surface area contributed by atoms with E-state index >= 15 is 0 Å². The quantitative estimate of drug-likeness (QED) is 0.849. The monoisotopic (exact) mass is 287 g/mol. The number of hydrogen-bond donors (Lipinski definition) is 1. The van der Waals surface area contributed by atoms with Crippen LogP contribution in [0.15, 0.2) is 30.6 Å². The van der Waals surface area contributed by atoms with E-state index in [1.807, 2.05) is 17.1 Å². The van der Waals surface area contributed by atoms with Gasteiger partial charge in [-0.15, -0.1) is 0 Å². The average molecular weight is 287 g/mol. The molecule has 2 aromatic rings. The van der Waals surface area contributed by atoms with E-state index in [9.17, 15) is 0 Å². The fourth-order valence-electron chi connectivity index (χ4n) is 2.12. The highest BCUT2D eigenvalue weighted by molar-refractivity contribution is 5.37. The third kappa shape index (κ3) is 4.60. The predicted octanol–water partition coefficient (Wildman–Crippen LogP) is 3.29. The molecule has 0 atom stereocenters. The normalized spacial score (nSPS) is 11.1. The number of aryl methyl sites for hydroxylation is 2. The van der Waals surface area contributed by atoms with Crippen molar-refractivity contribution in [3.05, 3.63) is 47.3 Å². The van der Waals surface area contributed by atoms with Crippen molar-refractivity contribution >= 4 is 0 Å². The SMILES string of the molecule is CCn1cc(COc2ccc(C)cc2CNC(C)C)cn1. The molecule has 0 saturated heterocycles. The summed E-state index contributed by atoms with van der Waals surface area (Å²) in [5, 5.41) is 7.71. The molecule has 0 aliphatic carbocycles. The predicted molar refractivity (Wildman–Crippen MR) is 85.4 cm³/mol. The Morgan fingerprint density at radius 1 is 1.33 bits per heavy atom. The summed E-state index contributed by atoms with van der Waals surface area (Å²) >= 11 is 0. The molecule has 21 heavy (non-hydrogen) atoms. The molecule has 1 N–H and O–H groups in total. The summed E-state index contributed by atoms with van der Waals surface area (Å²) in [5.74, 6) is 0.943. The molecular formula is C17H25N3O. The maximum absolute atomic E-state index is 5.97. The average Bonchev–Trinajstić information content (AvgIpc) is 2.92. The summed E-state index contributed by atoms with van der Waals surface area (Å²) in [5.41, 5.74) is 3.55. The summed E-state index contributed by atoms with van der Waals surface area (Å²) in [6, 6.07) is 6.78. The van der Waals surface area contributed by atoms with Crippen LogP contribution in [0.3, 0.4) is 0 Å². The molecular weight excluding hydrogens is 262 g/mol. The van der Waals surface area contributed by atoms with E-state index in [2.05, 4.69) is 56.3 Å². The molecule has 0 radical (unpaired) electrons. The Balaban J connectivity index is 2.04. The largest absolute Gasteiger partial charge is 0.488 e. The molecule has 0 aliphatic rings. The zero-order valence-electron chi connectivity index (χ0n) is 13.4. The Morgan fingerprint density at radius 3 is 2.81 bits per heavy atom. The van der Waals surface area contributed by atoms with Gasteiger partial charge in [-0.25, -0.2) is 0 Å². The van der Waals surface area contributed by atoms with Gasteiger partial charge in [0, 0.05) is 36.5 Å². The van der Waals surface area contributed by atoms with E-state index in [0.717, 1.165) is 24.4 Å². The molecule has 0 aliphatic heterocycles. The first kappa shape index (κ1) is 15.6. The standard InChI is InChI=1S/C17H25N3O/c1-5-20-11-15(9-19-20)12-21-17-7-6-14(4)8-16(17)10-18-13(2)3/h6-9,11,13,18H,5,10,12H2,1-4H3. The zero-order chi connectivity index (χ0) is 15.2. The van der Waals surface area contributed by atoms with Gasteiger partial charge in [0.1, 0.15) is 12.4 Å². The van der Waals surface area contributed by atoms with Gasteiger partial charge in [-0.05, 0) is 19.9 Å². The summed E-state index contributed by atoms with van der Waals surface area (Å²) in [6.07, 6.45) is 3.89. The lowest BCUT2D eigenvalue weighted by Crippen LogP contribution is -2.22. The first-order valence-corrected chi connectivity index (χ1v) is 7.55. The second kappa shape index (κ2) is 7.27. The highest BCUT2D eigenvalue weighted by Crippen LogP contribution is 2.21. The molecule has 0 bridgehead atoms. The summed E-state index contributed by atoms with van der Waals surface area (Å²) in [4.78, 5) is 0. The fourth-order valence-corrected chi connectivity index (χ4v) is 2.12. The maximum atomic E-state index is 5.97. The lowest BCUT2D eigenvalue weighted by molar-refractivity contribution is 0.301. The van der Waals surface area contributed by atoms with Gasteiger partial charge in [-0.2, -0.15) is 5.10 Å². The van der Waals surface area contributed by atoms with Crippen molar-refractivity contribution in [1.29, 1.82) is 0 Å². The first-order valence-electron chi connectivity index (χ1n) is 7.55. The topological polar surface area (TPSA) is 39.1 Å². The minimum absolute atomic E-state index is 0.459. The maximum Gasteiger partial charge on any atom is 0.124 e. The van der Waals surface area contributed by atoms with Crippen LogP contribution in [-0.4, -0.2) is 15.8 Å². The molecule has 2 rings (SSSR count). The molecule has 114 valence electrons. The Morgan fingerprint density at radius 2 is 2.14 bits per heavy atom. The van der Waals surface area contributed by atoms with Crippen molar-refractivity contribution in [1.82, 2.24) is 15.1 Å². The van der Waals surface area contributed by atoms with Gasteiger partial charge in [0.25, 0.3) is 0 Å². The Hall–Kier alpha value is -1.81. The minimum atomic E-state index is 0.459. The van der Waals surface area contributed by atoms with Crippen LogP contribution in [0.25, 0.3) is 0 Å². The molecule has 1 heterocycles. The van der Waals surface area contributed by atoms with Crippen LogP contribution in [0, 0.1) is 6.92 Å². The molecule has 0 amide bonds. The van der Waals surface area contributed by atoms with Gasteiger partial charge in [0.2, 0.25) is 0 Å². The lowest BCUT2D eigenvalue weighted by Gasteiger charge is -2.14. The molecule has 1 aromatic heterocycles. The van der Waals surface area contributed by atoms with Crippen LogP contribution in [0.2, 0.25) is 0 Å². The zero-order valence-corrected chi connectivity index (χ0v) is 13.4. The van der Waals surface area contributed by atoms with E-state index in [4.69, 9.17) is 4.74 Å². The van der Waals surface area contributed by atoms with Crippen molar-refractivity contribution < 1.29 is 4.74 Å². The van der Waals surface area contributed by atoms with Crippen LogP contribution in [-0.2, 0) is 19.7 Å². The highest BCUT2D eigenvalue weighted by atomic mass is 16.5. The molecule has 4 heteroatoms. The number of nitrogens with one attached hydrogen (secondary N) is 1. The molecule has 1 aromatic carbocycles. The number of benzene rings is 1. The van der Waals surface area contributed by atoms with Gasteiger partial charge in [0.05, 0.1) is 6.20 Å². The van der Waals surface area contributed by atoms with E-state index in [1.54, 1.807) is 0 Å². The van der Waals surface area contributed by atoms with E-state index in [-0.39, 0.29) is 0 Å². The van der Waals surface area contributed by atoms with Crippen LogP contribution in [0.4, 0.5) is 0 Å². The van der Waals surface area contributed by atoms with E-state index in [0.29, 0.717) is 12.6 Å². The molecule has 0 saturated carbocycles. The number of nitrogens with zero attached hydrogens (tertiary/aromatic N) is 2. The molecule has 0 spiro atoms. The van der Waals surface area contributed by atoms with Gasteiger partial charge in [-0.3, -0.25) is 4.68 Å². The van der Waals surface area contributed by atoms with Gasteiger partial charge < -0.3 is 10.1 Å². The second-order valence-electron chi connectivity index (χ2n) is 5.64. The number of hydrogen-bond acceptors (Lipinski definition) is 3. The molecule has 0 fully saturated rings. The van der Waals surface area contributed by atoms with Crippen LogP contribution in [0.5, 0.6) is 5.75 Å². The van der Waals surface area contributed by atoms with Crippen molar-refractivity contribution in [2.45, 2.75) is 53.4 Å². The fraction of sp³-hybridized carbons (Fsp3) is 0.471. The third-order valence-electron chi connectivity index (χ3n) is 3.32. The highest BCUT2D eigenvalue weighted by Gasteiger charge is 2.06. The smallest absolute Gasteiger partial charge is 0.124 e. The lowest BCUT2D eigenvalue weighted by atomic mass is 10.1. The van der Waals surface area contributed by atoms with Crippen molar-refractivity contribution in [3.63, 3.8) is 0 Å². The first-order chi connectivity index (χ1) is 10.1. The summed E-state index contributed by atoms with van der Waals surface area (Å²) < 4.78 is 7.89. The Bertz CT molecular complexity index is 575. The van der Waals surface area contributed by atoms with Gasteiger partial charge >= 0.3 is 0 Å². The van der Waals surface area contributed by atoms with Crippen molar-refractivity contribution in [2.75, 3.05) is 0 Å². The van der Waals surface area contributed by atoms with E-state index in [1.165, 1.54) is 11.1 Å². The second-order valence-corrected chi connectivity index (χ2v) is 5.64. The number of ether oxygens (including phenoxy) is 1. The third-order valence-corrected chi connectivity index (χ3v) is 3.32. The van der Waals surface area contributed by atoms with Crippen LogP contribution < -0.4 is 10.1 Å². The van der Waals surface area contributed by atoms with Crippen LogP contribution in [0.1, 0.15) is 37.5 Å². The van der Waals surface area contributed by atoms with Gasteiger partial charge in [0.15, 0.2) is 0 Å². The van der Waals surface area contributed by atoms with Crippen LogP contribution >= 0.6 is 0 Å². The Kier molecular flexibility index (Phi) is 5.39. The van der Waals surface area contributed by atoms with Crippen molar-refractivity contribution in [2.24, 2.45) is 0 Å². The minimum Gasteiger partial charge on any atom is -0.488 e. The van der Waals surface area contributed by atoms with E-state index < -0.39 is 0 Å². The van der Waals surface area contributed by atoms with Gasteiger partial charge in [-0.1, -0.05) is 31.5 Å². The van der Waals surface area contributed by atoms with Crippen molar-refractivity contribution in [3.8, 4) is 5.75 Å². The number of rotatable bonds is 7. The Labute approximate surface area is 127 Å². The number of aromatic nitrogens is 2. The molecule has 0 unspecified atom stereocenters. The summed E-state index contributed by atoms with van der Waals surface area (Å²) in [7, 11) is 0. The summed E-state index contributed by atoms with van der Waals surface area (Å²) in [6.45, 7) is 10.7. The molecule has 4 nitrogen and oxygen atoms in total.